The minimum absolute atomic E-state index is 0.151. The van der Waals surface area contributed by atoms with E-state index in [0.717, 1.165) is 0 Å². The molecule has 1 aromatic rings. The largest absolute Gasteiger partial charge is 0.717 e. The lowest BCUT2D eigenvalue weighted by Crippen LogP contribution is -2.06. The summed E-state index contributed by atoms with van der Waals surface area (Å²) in [5, 5.41) is 0. The van der Waals surface area contributed by atoms with Crippen LogP contribution in [0.1, 0.15) is 0 Å². The molecule has 0 heterocycles. The van der Waals surface area contributed by atoms with Gasteiger partial charge in [0, 0.05) is 0 Å². The lowest BCUT2D eigenvalue weighted by Gasteiger charge is -2.02. The average molecular weight is 217 g/mol. The molecular weight excluding hydrogens is 212 g/mol. The van der Waals surface area contributed by atoms with Crippen LogP contribution in [0, 0.1) is 0 Å². The topological polar surface area (TPSA) is 43.4 Å². The Morgan fingerprint density at radius 2 is 1.83 bits per heavy atom. The second kappa shape index (κ2) is 4.43. The van der Waals surface area contributed by atoms with Crippen LogP contribution in [0.3, 0.4) is 0 Å². The molecule has 0 fully saturated rings. The summed E-state index contributed by atoms with van der Waals surface area (Å²) in [6, 6.07) is 7.93. The number of hydrogen-bond donors (Lipinski definition) is 0. The maximum Gasteiger partial charge on any atom is 0.717 e. The Hall–Kier alpha value is 0.186. The van der Waals surface area contributed by atoms with Gasteiger partial charge in [-0.1, -0.05) is 18.2 Å². The van der Waals surface area contributed by atoms with Crippen molar-refractivity contribution in [3.63, 3.8) is 0 Å². The van der Waals surface area contributed by atoms with Crippen LogP contribution in [0.2, 0.25) is 0 Å². The Kier molecular flexibility index (Phi) is 3.79. The average Bonchev–Trinajstić information content (AvgIpc) is 2.06. The summed E-state index contributed by atoms with van der Waals surface area (Å²) in [6.45, 7) is 0. The van der Waals surface area contributed by atoms with Crippen LogP contribution in [-0.4, -0.2) is 28.1 Å². The maximum absolute atomic E-state index is 11.2. The Balaban J connectivity index is 2.99. The third kappa shape index (κ3) is 2.60. The fourth-order valence-electron chi connectivity index (χ4n) is 0.714. The van der Waals surface area contributed by atoms with E-state index in [9.17, 15) is 8.42 Å². The molecule has 0 aliphatic carbocycles. The second-order valence-electron chi connectivity index (χ2n) is 1.99. The van der Waals surface area contributed by atoms with E-state index in [4.69, 9.17) is 9.07 Å². The third-order valence-electron chi connectivity index (χ3n) is 1.23. The van der Waals surface area contributed by atoms with Gasteiger partial charge in [-0.3, -0.25) is 9.07 Å². The first-order valence-corrected chi connectivity index (χ1v) is 7.29. The fraction of sp³-hybridized carbons (Fsp3) is 0. The molecule has 6 heteroatoms. The van der Waals surface area contributed by atoms with Gasteiger partial charge in [-0.2, -0.15) is 8.42 Å². The van der Waals surface area contributed by atoms with Crippen molar-refractivity contribution in [2.45, 2.75) is 4.90 Å². The van der Waals surface area contributed by atoms with Crippen molar-refractivity contribution in [2.75, 3.05) is 0 Å². The van der Waals surface area contributed by atoms with Crippen LogP contribution in [-0.2, 0) is 12.7 Å². The van der Waals surface area contributed by atoms with Crippen LogP contribution in [0.5, 0.6) is 0 Å². The molecule has 0 N–H and O–H groups in total. The van der Waals surface area contributed by atoms with Crippen molar-refractivity contribution in [1.82, 2.24) is 0 Å². The van der Waals surface area contributed by atoms with Gasteiger partial charge in [0.1, 0.15) is 0 Å². The van der Waals surface area contributed by atoms with Crippen molar-refractivity contribution in [3.05, 3.63) is 30.3 Å². The van der Waals surface area contributed by atoms with Gasteiger partial charge in [0.25, 0.3) is 10.1 Å². The first-order chi connectivity index (χ1) is 5.67. The molecule has 0 saturated heterocycles. The van der Waals surface area contributed by atoms with E-state index in [0.29, 0.717) is 0 Å². The minimum Gasteiger partial charge on any atom is -0.433 e. The van der Waals surface area contributed by atoms with Crippen LogP contribution in [0.15, 0.2) is 35.2 Å². The SMILES string of the molecule is O=S(=O)([O][Mg][Cl])c1ccccc1. The van der Waals surface area contributed by atoms with Gasteiger partial charge in [-0.15, -0.1) is 0 Å². The predicted molar refractivity (Wildman–Crippen MR) is 46.3 cm³/mol. The van der Waals surface area contributed by atoms with Crippen molar-refractivity contribution >= 4 is 38.9 Å². The summed E-state index contributed by atoms with van der Waals surface area (Å²) < 4.78 is 26.8. The molecule has 1 aromatic carbocycles. The van der Waals surface area contributed by atoms with E-state index in [1.807, 2.05) is 0 Å². The summed E-state index contributed by atoms with van der Waals surface area (Å²) in [4.78, 5) is 0.151. The first kappa shape index (κ1) is 10.3. The summed E-state index contributed by atoms with van der Waals surface area (Å²) in [5.41, 5.74) is 0. The maximum atomic E-state index is 11.2. The molecule has 0 spiro atoms. The van der Waals surface area contributed by atoms with E-state index in [2.05, 4.69) is 2.62 Å². The highest BCUT2D eigenvalue weighted by Crippen LogP contribution is 2.10. The monoisotopic (exact) mass is 216 g/mol. The molecule has 3 nitrogen and oxygen atoms in total. The molecule has 0 amide bonds. The smallest absolute Gasteiger partial charge is 0.433 e. The highest BCUT2D eigenvalue weighted by atomic mass is 35.5. The molecule has 0 unspecified atom stereocenters. The van der Waals surface area contributed by atoms with E-state index in [1.54, 1.807) is 18.2 Å². The van der Waals surface area contributed by atoms with Crippen molar-refractivity contribution < 1.29 is 11.0 Å². The Labute approximate surface area is 84.8 Å². The molecule has 0 bridgehead atoms. The van der Waals surface area contributed by atoms with E-state index in [-0.39, 0.29) is 4.90 Å². The third-order valence-corrected chi connectivity index (χ3v) is 4.48. The van der Waals surface area contributed by atoms with Gasteiger partial charge in [0.05, 0.1) is 4.90 Å². The second-order valence-corrected chi connectivity index (χ2v) is 5.19. The van der Waals surface area contributed by atoms with E-state index >= 15 is 0 Å². The quantitative estimate of drug-likeness (QED) is 0.713. The van der Waals surface area contributed by atoms with Gasteiger partial charge in [-0.25, -0.2) is 0 Å². The van der Waals surface area contributed by atoms with Gasteiger partial charge < -0.3 is 2.62 Å². The summed E-state index contributed by atoms with van der Waals surface area (Å²) in [7, 11) is 1.69. The summed E-state index contributed by atoms with van der Waals surface area (Å²) >= 11 is -1.45. The van der Waals surface area contributed by atoms with Crippen LogP contribution in [0.4, 0.5) is 0 Å². The number of halogens is 1. The van der Waals surface area contributed by atoms with Crippen molar-refractivity contribution in [2.24, 2.45) is 0 Å². The number of rotatable bonds is 3. The predicted octanol–water partition coefficient (Wildman–Crippen LogP) is 1.16. The zero-order valence-electron chi connectivity index (χ0n) is 6.10. The Morgan fingerprint density at radius 3 is 2.33 bits per heavy atom. The summed E-state index contributed by atoms with van der Waals surface area (Å²) in [5.74, 6) is 0. The molecule has 0 aromatic heterocycles. The molecule has 0 radical (unpaired) electrons. The number of benzene rings is 1. The zero-order valence-corrected chi connectivity index (χ0v) is 9.09. The molecular formula is C6H5ClMgO3S. The Bertz CT molecular complexity index is 337. The lowest BCUT2D eigenvalue weighted by atomic mass is 10.4. The van der Waals surface area contributed by atoms with Gasteiger partial charge in [0.15, 0.2) is 0 Å². The van der Waals surface area contributed by atoms with Crippen LogP contribution < -0.4 is 0 Å². The minimum atomic E-state index is -3.58. The zero-order chi connectivity index (χ0) is 9.03. The van der Waals surface area contributed by atoms with Gasteiger partial charge >= 0.3 is 19.7 Å². The fourth-order valence-corrected chi connectivity index (χ4v) is 3.27. The van der Waals surface area contributed by atoms with Crippen molar-refractivity contribution in [1.29, 1.82) is 0 Å². The molecule has 1 rings (SSSR count). The van der Waals surface area contributed by atoms with Gasteiger partial charge in [-0.05, 0) is 12.1 Å². The molecule has 0 aliphatic rings. The van der Waals surface area contributed by atoms with Crippen LogP contribution in [0.25, 0.3) is 0 Å². The molecule has 0 saturated carbocycles. The molecule has 12 heavy (non-hydrogen) atoms. The number of hydrogen-bond acceptors (Lipinski definition) is 3. The normalized spacial score (nSPS) is 10.8. The van der Waals surface area contributed by atoms with E-state index < -0.39 is 29.8 Å². The Morgan fingerprint density at radius 1 is 1.25 bits per heavy atom. The highest BCUT2D eigenvalue weighted by molar-refractivity contribution is 7.87. The van der Waals surface area contributed by atoms with Crippen LogP contribution >= 0.6 is 9.07 Å². The van der Waals surface area contributed by atoms with E-state index in [1.165, 1.54) is 12.1 Å². The van der Waals surface area contributed by atoms with Gasteiger partial charge in [0.2, 0.25) is 0 Å². The lowest BCUT2D eigenvalue weighted by molar-refractivity contribution is 0.505. The highest BCUT2D eigenvalue weighted by Gasteiger charge is 2.13. The molecule has 0 aliphatic heterocycles. The molecule has 62 valence electrons. The summed E-state index contributed by atoms with van der Waals surface area (Å²) in [6.07, 6.45) is 0. The standard InChI is InChI=1S/C6H6O3S.ClH.Mg/c7-10(8,9)6-4-2-1-3-5-6;;/h1-5H,(H,7,8,9);1H;/q;;+2/p-2. The first-order valence-electron chi connectivity index (χ1n) is 3.17. The van der Waals surface area contributed by atoms with Crippen molar-refractivity contribution in [3.8, 4) is 0 Å². The molecule has 0 atom stereocenters.